The van der Waals surface area contributed by atoms with Crippen molar-refractivity contribution in [2.75, 3.05) is 11.9 Å². The van der Waals surface area contributed by atoms with Crippen LogP contribution in [0.1, 0.15) is 27.6 Å². The number of hydrogen-bond acceptors (Lipinski definition) is 5. The number of imide groups is 1. The molecule has 1 aliphatic rings. The fraction of sp³-hybridized carbons (Fsp3) is 0.158. The maximum absolute atomic E-state index is 12.8. The Balaban J connectivity index is 1.70. The molecule has 2 aromatic rings. The fourth-order valence-corrected chi connectivity index (χ4v) is 4.29. The first-order chi connectivity index (χ1) is 15.0. The van der Waals surface area contributed by atoms with E-state index in [0.717, 1.165) is 0 Å². The monoisotopic (exact) mass is 600 g/mol. The van der Waals surface area contributed by atoms with E-state index >= 15 is 0 Å². The number of amides is 3. The number of fused-ring (bicyclic) bond motifs is 1. The average Bonchev–Trinajstić information content (AvgIpc) is 3.01. The van der Waals surface area contributed by atoms with Gasteiger partial charge in [0.05, 0.1) is 36.2 Å². The van der Waals surface area contributed by atoms with E-state index in [1.807, 2.05) is 0 Å². The minimum Gasteiger partial charge on any atom is -0.454 e. The van der Waals surface area contributed by atoms with Crippen molar-refractivity contribution in [3.63, 3.8) is 0 Å². The summed E-state index contributed by atoms with van der Waals surface area (Å²) < 4.78 is 5.59. The summed E-state index contributed by atoms with van der Waals surface area (Å²) in [7, 11) is 0. The zero-order chi connectivity index (χ0) is 23.9. The van der Waals surface area contributed by atoms with Crippen LogP contribution in [-0.2, 0) is 14.3 Å². The van der Waals surface area contributed by atoms with Crippen LogP contribution in [0, 0.1) is 0 Å². The average molecular weight is 603 g/mol. The van der Waals surface area contributed by atoms with Crippen molar-refractivity contribution in [1.29, 1.82) is 0 Å². The van der Waals surface area contributed by atoms with Gasteiger partial charge in [-0.2, -0.15) is 0 Å². The maximum atomic E-state index is 12.8. The number of nitrogens with one attached hydrogen (secondary N) is 1. The Bertz CT molecular complexity index is 1140. The third-order valence-corrected chi connectivity index (χ3v) is 7.44. The van der Waals surface area contributed by atoms with Crippen molar-refractivity contribution in [3.8, 4) is 0 Å². The molecule has 168 valence electrons. The Kier molecular flexibility index (Phi) is 7.64. The van der Waals surface area contributed by atoms with Crippen LogP contribution >= 0.6 is 73.9 Å². The summed E-state index contributed by atoms with van der Waals surface area (Å²) in [6.45, 7) is 0.584. The minimum absolute atomic E-state index is 0.194. The first kappa shape index (κ1) is 25.1. The first-order valence-electron chi connectivity index (χ1n) is 8.61. The molecule has 0 fully saturated rings. The Hall–Kier alpha value is -1.55. The van der Waals surface area contributed by atoms with Crippen LogP contribution in [-0.4, -0.2) is 41.2 Å². The summed E-state index contributed by atoms with van der Waals surface area (Å²) in [5.41, 5.74) is -0.146. The molecule has 0 bridgehead atoms. The van der Waals surface area contributed by atoms with Crippen LogP contribution in [0.15, 0.2) is 22.7 Å². The molecular formula is C19H10BrCl5N2O5. The minimum atomic E-state index is -1.39. The van der Waals surface area contributed by atoms with Gasteiger partial charge in [-0.3, -0.25) is 19.3 Å². The number of hydrogen-bond donors (Lipinski definition) is 1. The quantitative estimate of drug-likeness (QED) is 0.200. The molecule has 0 aliphatic carbocycles. The zero-order valence-electron chi connectivity index (χ0n) is 15.8. The van der Waals surface area contributed by atoms with Crippen molar-refractivity contribution >= 4 is 103 Å². The lowest BCUT2D eigenvalue weighted by Gasteiger charge is -2.20. The van der Waals surface area contributed by atoms with Gasteiger partial charge in [0.1, 0.15) is 6.04 Å². The summed E-state index contributed by atoms with van der Waals surface area (Å²) in [6.07, 6.45) is 0. The van der Waals surface area contributed by atoms with Crippen molar-refractivity contribution < 1.29 is 23.9 Å². The van der Waals surface area contributed by atoms with E-state index in [1.165, 1.54) is 13.0 Å². The Labute approximate surface area is 214 Å². The normalized spacial score (nSPS) is 13.8. The van der Waals surface area contributed by atoms with Gasteiger partial charge in [0.25, 0.3) is 17.7 Å². The van der Waals surface area contributed by atoms with Gasteiger partial charge in [-0.15, -0.1) is 0 Å². The summed E-state index contributed by atoms with van der Waals surface area (Å²) in [6, 6.07) is 3.32. The second kappa shape index (κ2) is 9.75. The molecule has 3 rings (SSSR count). The molecule has 1 N–H and O–H groups in total. The van der Waals surface area contributed by atoms with Crippen molar-refractivity contribution in [1.82, 2.24) is 4.90 Å². The van der Waals surface area contributed by atoms with Gasteiger partial charge in [0.15, 0.2) is 6.61 Å². The topological polar surface area (TPSA) is 92.8 Å². The fourth-order valence-electron chi connectivity index (χ4n) is 2.85. The van der Waals surface area contributed by atoms with E-state index in [9.17, 15) is 19.2 Å². The summed E-state index contributed by atoms with van der Waals surface area (Å²) in [5.74, 6) is -3.45. The number of halogens is 6. The molecule has 2 aromatic carbocycles. The summed E-state index contributed by atoms with van der Waals surface area (Å²) in [5, 5.41) is 1.96. The van der Waals surface area contributed by atoms with Crippen molar-refractivity contribution in [3.05, 3.63) is 58.9 Å². The third kappa shape index (κ3) is 4.58. The molecule has 0 saturated carbocycles. The molecule has 0 unspecified atom stereocenters. The van der Waals surface area contributed by atoms with E-state index in [0.29, 0.717) is 20.1 Å². The van der Waals surface area contributed by atoms with Gasteiger partial charge < -0.3 is 10.1 Å². The van der Waals surface area contributed by atoms with E-state index in [-0.39, 0.29) is 31.2 Å². The number of benzene rings is 2. The van der Waals surface area contributed by atoms with E-state index < -0.39 is 36.3 Å². The predicted octanol–water partition coefficient (Wildman–Crippen LogP) is 5.88. The van der Waals surface area contributed by atoms with Crippen LogP contribution < -0.4 is 5.32 Å². The van der Waals surface area contributed by atoms with E-state index in [2.05, 4.69) is 21.2 Å². The lowest BCUT2D eigenvalue weighted by atomic mass is 10.1. The number of esters is 1. The highest BCUT2D eigenvalue weighted by Crippen LogP contribution is 2.45. The maximum Gasteiger partial charge on any atom is 0.329 e. The number of ether oxygens (including phenoxy) is 1. The largest absolute Gasteiger partial charge is 0.454 e. The van der Waals surface area contributed by atoms with Crippen LogP contribution in [0.3, 0.4) is 0 Å². The number of carbonyl (C=O) groups excluding carboxylic acids is 4. The number of carbonyl (C=O) groups is 4. The number of anilines is 1. The van der Waals surface area contributed by atoms with Gasteiger partial charge in [-0.1, -0.05) is 58.0 Å². The highest BCUT2D eigenvalue weighted by atomic mass is 79.9. The second-order valence-corrected chi connectivity index (χ2v) is 9.22. The molecule has 7 nitrogen and oxygen atoms in total. The van der Waals surface area contributed by atoms with E-state index in [4.69, 9.17) is 62.7 Å². The lowest BCUT2D eigenvalue weighted by Crippen LogP contribution is -2.44. The molecular weight excluding hydrogens is 593 g/mol. The number of rotatable bonds is 5. The highest BCUT2D eigenvalue weighted by molar-refractivity contribution is 9.10. The van der Waals surface area contributed by atoms with Crippen LogP contribution in [0.25, 0.3) is 0 Å². The molecule has 3 amide bonds. The molecule has 0 radical (unpaired) electrons. The van der Waals surface area contributed by atoms with Crippen molar-refractivity contribution in [2.45, 2.75) is 13.0 Å². The van der Waals surface area contributed by atoms with Gasteiger partial charge in [-0.25, -0.2) is 4.79 Å². The molecule has 1 aliphatic heterocycles. The molecule has 0 aromatic heterocycles. The van der Waals surface area contributed by atoms with Gasteiger partial charge in [-0.05, 0) is 41.1 Å². The summed E-state index contributed by atoms with van der Waals surface area (Å²) in [4.78, 5) is 50.7. The molecule has 1 atom stereocenters. The van der Waals surface area contributed by atoms with Gasteiger partial charge in [0.2, 0.25) is 0 Å². The summed E-state index contributed by atoms with van der Waals surface area (Å²) >= 11 is 33.2. The third-order valence-electron chi connectivity index (χ3n) is 4.41. The Morgan fingerprint density at radius 2 is 1.53 bits per heavy atom. The van der Waals surface area contributed by atoms with Crippen LogP contribution in [0.4, 0.5) is 5.69 Å². The van der Waals surface area contributed by atoms with Crippen LogP contribution in [0.2, 0.25) is 25.1 Å². The lowest BCUT2D eigenvalue weighted by molar-refractivity contribution is -0.150. The van der Waals surface area contributed by atoms with E-state index in [1.54, 1.807) is 12.1 Å². The predicted molar refractivity (Wildman–Crippen MR) is 125 cm³/mol. The zero-order valence-corrected chi connectivity index (χ0v) is 21.1. The number of nitrogens with zero attached hydrogens (tertiary/aromatic N) is 1. The van der Waals surface area contributed by atoms with Gasteiger partial charge >= 0.3 is 5.97 Å². The molecule has 32 heavy (non-hydrogen) atoms. The van der Waals surface area contributed by atoms with Gasteiger partial charge in [0, 0.05) is 10.2 Å². The Morgan fingerprint density at radius 3 is 2.03 bits per heavy atom. The smallest absolute Gasteiger partial charge is 0.329 e. The van der Waals surface area contributed by atoms with Crippen LogP contribution in [0.5, 0.6) is 0 Å². The first-order valence-corrected chi connectivity index (χ1v) is 11.3. The molecule has 13 heteroatoms. The second-order valence-electron chi connectivity index (χ2n) is 6.45. The molecule has 0 spiro atoms. The standard InChI is InChI=1S/C19H10BrCl5N2O5/c1-6(19(31)32-5-10(28)26-7-2-3-8(20)9(21)4-7)27-17(29)11-12(18(27)30)14(23)16(25)15(24)13(11)22/h2-4,6H,5H2,1H3,(H,26,28)/t6-/m0/s1. The Morgan fingerprint density at radius 1 is 1.00 bits per heavy atom. The van der Waals surface area contributed by atoms with Crippen molar-refractivity contribution in [2.24, 2.45) is 0 Å². The molecule has 1 heterocycles. The SMILES string of the molecule is C[C@@H](C(=O)OCC(=O)Nc1ccc(Br)c(Cl)c1)N1C(=O)c2c(Cl)c(Cl)c(Cl)c(Cl)c2C1=O. The highest BCUT2D eigenvalue weighted by Gasteiger charge is 2.45. The molecule has 0 saturated heterocycles.